The Hall–Kier alpha value is -1.92. The van der Waals surface area contributed by atoms with Crippen molar-refractivity contribution in [1.82, 2.24) is 0 Å². The molecule has 0 atom stereocenters. The molecule has 0 heterocycles. The van der Waals surface area contributed by atoms with Gasteiger partial charge in [-0.05, 0) is 45.8 Å². The Balaban J connectivity index is 2.19. The smallest absolute Gasteiger partial charge is 0.283 e. The number of amides is 1. The second-order valence-electron chi connectivity index (χ2n) is 4.21. The number of benzene rings is 2. The van der Waals surface area contributed by atoms with E-state index in [4.69, 9.17) is 11.6 Å². The van der Waals surface area contributed by atoms with Crippen LogP contribution < -0.4 is 5.32 Å². The Morgan fingerprint density at radius 3 is 2.67 bits per heavy atom. The van der Waals surface area contributed by atoms with Gasteiger partial charge in [0, 0.05) is 23.2 Å². The van der Waals surface area contributed by atoms with Crippen molar-refractivity contribution < 1.29 is 9.72 Å². The summed E-state index contributed by atoms with van der Waals surface area (Å²) in [5.41, 5.74) is 1.72. The molecule has 7 heteroatoms. The lowest BCUT2D eigenvalue weighted by atomic mass is 10.1. The highest BCUT2D eigenvalue weighted by molar-refractivity contribution is 9.10. The number of hydrogen-bond donors (Lipinski definition) is 1. The van der Waals surface area contributed by atoms with Gasteiger partial charge in [-0.1, -0.05) is 12.1 Å². The summed E-state index contributed by atoms with van der Waals surface area (Å²) in [4.78, 5) is 22.3. The van der Waals surface area contributed by atoms with Crippen LogP contribution in [0.25, 0.3) is 0 Å². The Morgan fingerprint density at radius 1 is 1.29 bits per heavy atom. The van der Waals surface area contributed by atoms with Gasteiger partial charge in [-0.25, -0.2) is 0 Å². The van der Waals surface area contributed by atoms with Gasteiger partial charge in [-0.2, -0.15) is 0 Å². The van der Waals surface area contributed by atoms with Crippen LogP contribution in [-0.4, -0.2) is 10.8 Å². The molecule has 1 amide bonds. The zero-order valence-corrected chi connectivity index (χ0v) is 13.0. The van der Waals surface area contributed by atoms with E-state index in [0.29, 0.717) is 21.6 Å². The predicted molar refractivity (Wildman–Crippen MR) is 84.7 cm³/mol. The van der Waals surface area contributed by atoms with Gasteiger partial charge in [0.2, 0.25) is 0 Å². The number of nitro benzene ring substituents is 1. The topological polar surface area (TPSA) is 72.2 Å². The zero-order chi connectivity index (χ0) is 15.4. The van der Waals surface area contributed by atoms with Gasteiger partial charge >= 0.3 is 0 Å². The minimum Gasteiger partial charge on any atom is -0.322 e. The van der Waals surface area contributed by atoms with Crippen molar-refractivity contribution in [2.45, 2.75) is 5.88 Å². The minimum atomic E-state index is -0.500. The number of nitrogens with one attached hydrogen (secondary N) is 1. The van der Waals surface area contributed by atoms with E-state index >= 15 is 0 Å². The first kappa shape index (κ1) is 15.5. The molecule has 0 saturated carbocycles. The Labute approximate surface area is 134 Å². The first-order chi connectivity index (χ1) is 10.0. The van der Waals surface area contributed by atoms with Crippen LogP contribution in [0.15, 0.2) is 46.9 Å². The number of rotatable bonds is 4. The first-order valence-electron chi connectivity index (χ1n) is 5.91. The minimum absolute atomic E-state index is 0.0582. The Kier molecular flexibility index (Phi) is 4.93. The quantitative estimate of drug-likeness (QED) is 0.495. The molecule has 0 saturated heterocycles. The number of carbonyl (C=O) groups excluding carboxylic acids is 1. The SMILES string of the molecule is O=C(Nc1ccc([N+](=O)[O-])c(Br)c1)c1cccc(CCl)c1. The van der Waals surface area contributed by atoms with E-state index in [0.717, 1.165) is 5.56 Å². The van der Waals surface area contributed by atoms with Crippen molar-refractivity contribution in [3.8, 4) is 0 Å². The van der Waals surface area contributed by atoms with Crippen LogP contribution in [0.2, 0.25) is 0 Å². The molecule has 0 unspecified atom stereocenters. The summed E-state index contributed by atoms with van der Waals surface area (Å²) in [5.74, 6) is 0.0206. The molecule has 0 aromatic heterocycles. The fraction of sp³-hybridized carbons (Fsp3) is 0.0714. The molecule has 0 bridgehead atoms. The molecule has 0 aliphatic rings. The third-order valence-electron chi connectivity index (χ3n) is 2.75. The largest absolute Gasteiger partial charge is 0.322 e. The lowest BCUT2D eigenvalue weighted by molar-refractivity contribution is -0.385. The second-order valence-corrected chi connectivity index (χ2v) is 5.33. The van der Waals surface area contributed by atoms with E-state index in [1.54, 1.807) is 18.2 Å². The average Bonchev–Trinajstić information content (AvgIpc) is 2.47. The van der Waals surface area contributed by atoms with E-state index in [1.807, 2.05) is 6.07 Å². The molecular formula is C14H10BrClN2O3. The van der Waals surface area contributed by atoms with Crippen LogP contribution in [0, 0.1) is 10.1 Å². The maximum atomic E-state index is 12.1. The van der Waals surface area contributed by atoms with Crippen molar-refractivity contribution in [2.24, 2.45) is 0 Å². The van der Waals surface area contributed by atoms with Crippen molar-refractivity contribution in [1.29, 1.82) is 0 Å². The molecule has 0 fully saturated rings. The molecule has 0 spiro atoms. The molecule has 5 nitrogen and oxygen atoms in total. The van der Waals surface area contributed by atoms with Gasteiger partial charge in [0.15, 0.2) is 0 Å². The summed E-state index contributed by atoms with van der Waals surface area (Å²) in [6.45, 7) is 0. The fourth-order valence-electron chi connectivity index (χ4n) is 1.73. The molecule has 1 N–H and O–H groups in total. The molecule has 2 rings (SSSR count). The molecule has 108 valence electrons. The van der Waals surface area contributed by atoms with Gasteiger partial charge in [-0.15, -0.1) is 11.6 Å². The molecule has 2 aromatic carbocycles. The number of anilines is 1. The van der Waals surface area contributed by atoms with E-state index < -0.39 is 4.92 Å². The first-order valence-corrected chi connectivity index (χ1v) is 7.24. The normalized spacial score (nSPS) is 10.2. The Morgan fingerprint density at radius 2 is 2.05 bits per heavy atom. The van der Waals surface area contributed by atoms with Crippen LogP contribution >= 0.6 is 27.5 Å². The van der Waals surface area contributed by atoms with E-state index in [2.05, 4.69) is 21.2 Å². The molecular weight excluding hydrogens is 360 g/mol. The van der Waals surface area contributed by atoms with Crippen molar-refractivity contribution >= 4 is 44.8 Å². The molecule has 0 radical (unpaired) electrons. The van der Waals surface area contributed by atoms with Gasteiger partial charge in [0.25, 0.3) is 11.6 Å². The van der Waals surface area contributed by atoms with Crippen molar-refractivity contribution in [3.05, 3.63) is 68.2 Å². The number of hydrogen-bond acceptors (Lipinski definition) is 3. The van der Waals surface area contributed by atoms with Crippen LogP contribution in [0.5, 0.6) is 0 Å². The molecule has 21 heavy (non-hydrogen) atoms. The molecule has 2 aromatic rings. The van der Waals surface area contributed by atoms with Gasteiger partial charge in [0.05, 0.1) is 9.40 Å². The van der Waals surface area contributed by atoms with Crippen molar-refractivity contribution in [2.75, 3.05) is 5.32 Å². The third kappa shape index (κ3) is 3.80. The highest BCUT2D eigenvalue weighted by Crippen LogP contribution is 2.27. The molecule has 0 aliphatic carbocycles. The van der Waals surface area contributed by atoms with Crippen LogP contribution in [-0.2, 0) is 5.88 Å². The van der Waals surface area contributed by atoms with Gasteiger partial charge in [0.1, 0.15) is 0 Å². The highest BCUT2D eigenvalue weighted by Gasteiger charge is 2.13. The summed E-state index contributed by atoms with van der Waals surface area (Å²) in [7, 11) is 0. The number of nitrogens with zero attached hydrogens (tertiary/aromatic N) is 1. The zero-order valence-electron chi connectivity index (χ0n) is 10.7. The third-order valence-corrected chi connectivity index (χ3v) is 3.69. The second kappa shape index (κ2) is 6.69. The standard InChI is InChI=1S/C14H10BrClN2O3/c15-12-7-11(4-5-13(12)18(20)21)17-14(19)10-3-1-2-9(6-10)8-16/h1-7H,8H2,(H,17,19). The van der Waals surface area contributed by atoms with E-state index in [9.17, 15) is 14.9 Å². The average molecular weight is 370 g/mol. The van der Waals surface area contributed by atoms with E-state index in [1.165, 1.54) is 18.2 Å². The van der Waals surface area contributed by atoms with Gasteiger partial charge in [-0.3, -0.25) is 14.9 Å². The summed E-state index contributed by atoms with van der Waals surface area (Å²) in [6.07, 6.45) is 0. The summed E-state index contributed by atoms with van der Waals surface area (Å²) < 4.78 is 0.305. The number of alkyl halides is 1. The maximum Gasteiger partial charge on any atom is 0.283 e. The predicted octanol–water partition coefficient (Wildman–Crippen LogP) is 4.35. The van der Waals surface area contributed by atoms with Crippen molar-refractivity contribution in [3.63, 3.8) is 0 Å². The fourth-order valence-corrected chi connectivity index (χ4v) is 2.42. The van der Waals surface area contributed by atoms with Crippen LogP contribution in [0.4, 0.5) is 11.4 Å². The number of carbonyl (C=O) groups is 1. The van der Waals surface area contributed by atoms with Crippen LogP contribution in [0.1, 0.15) is 15.9 Å². The summed E-state index contributed by atoms with van der Waals surface area (Å²) in [5, 5.41) is 13.4. The summed E-state index contributed by atoms with van der Waals surface area (Å²) in [6, 6.07) is 11.2. The highest BCUT2D eigenvalue weighted by atomic mass is 79.9. The Bertz CT molecular complexity index is 706. The maximum absolute atomic E-state index is 12.1. The monoisotopic (exact) mass is 368 g/mol. The summed E-state index contributed by atoms with van der Waals surface area (Å²) >= 11 is 8.84. The van der Waals surface area contributed by atoms with Gasteiger partial charge < -0.3 is 5.32 Å². The molecule has 0 aliphatic heterocycles. The number of halogens is 2. The van der Waals surface area contributed by atoms with Crippen LogP contribution in [0.3, 0.4) is 0 Å². The number of nitro groups is 1. The van der Waals surface area contributed by atoms with E-state index in [-0.39, 0.29) is 11.6 Å². The lowest BCUT2D eigenvalue weighted by Crippen LogP contribution is -2.12. The lowest BCUT2D eigenvalue weighted by Gasteiger charge is -2.07.